The Morgan fingerprint density at radius 1 is 1.10 bits per heavy atom. The van der Waals surface area contributed by atoms with E-state index in [1.807, 2.05) is 17.9 Å². The molecule has 2 rings (SSSR count). The molecule has 0 amide bonds. The molecule has 2 aromatic rings. The number of nitrogens with one attached hydrogen (secondary N) is 1. The topological polar surface area (TPSA) is 29.9 Å². The molecule has 0 saturated heterocycles. The Hall–Kier alpha value is -1.61. The summed E-state index contributed by atoms with van der Waals surface area (Å²) >= 11 is 0. The van der Waals surface area contributed by atoms with Crippen molar-refractivity contribution in [3.05, 3.63) is 53.9 Å². The van der Waals surface area contributed by atoms with E-state index in [0.29, 0.717) is 11.8 Å². The van der Waals surface area contributed by atoms with Crippen LogP contribution in [0.5, 0.6) is 0 Å². The highest BCUT2D eigenvalue weighted by Crippen LogP contribution is 2.21. The van der Waals surface area contributed by atoms with Crippen molar-refractivity contribution in [2.24, 2.45) is 13.0 Å². The summed E-state index contributed by atoms with van der Waals surface area (Å²) in [5, 5.41) is 7.86. The van der Waals surface area contributed by atoms with Crippen molar-refractivity contribution in [1.82, 2.24) is 15.1 Å². The predicted octanol–water partition coefficient (Wildman–Crippen LogP) is 3.38. The molecule has 0 aliphatic rings. The molecule has 0 aliphatic carbocycles. The molecular formula is C18H27N3. The molecule has 0 bridgehead atoms. The molecule has 1 N–H and O–H groups in total. The molecule has 1 aromatic heterocycles. The van der Waals surface area contributed by atoms with Gasteiger partial charge in [-0.25, -0.2) is 0 Å². The Kier molecular flexibility index (Phi) is 6.00. The molecule has 0 saturated carbocycles. The van der Waals surface area contributed by atoms with E-state index in [1.54, 1.807) is 0 Å². The second-order valence-corrected chi connectivity index (χ2v) is 6.14. The molecule has 0 spiro atoms. The first-order valence-electron chi connectivity index (χ1n) is 7.89. The summed E-state index contributed by atoms with van der Waals surface area (Å²) in [7, 11) is 2.02. The van der Waals surface area contributed by atoms with Gasteiger partial charge in [-0.3, -0.25) is 4.68 Å². The monoisotopic (exact) mass is 285 g/mol. The molecule has 1 aromatic carbocycles. The summed E-state index contributed by atoms with van der Waals surface area (Å²) < 4.78 is 1.98. The van der Waals surface area contributed by atoms with Crippen molar-refractivity contribution in [3.8, 4) is 0 Å². The van der Waals surface area contributed by atoms with Crippen LogP contribution in [0, 0.1) is 5.92 Å². The van der Waals surface area contributed by atoms with Crippen LogP contribution in [0.25, 0.3) is 0 Å². The van der Waals surface area contributed by atoms with E-state index in [2.05, 4.69) is 60.7 Å². The fourth-order valence-electron chi connectivity index (χ4n) is 2.63. The molecular weight excluding hydrogens is 258 g/mol. The summed E-state index contributed by atoms with van der Waals surface area (Å²) in [6.45, 7) is 6.62. The van der Waals surface area contributed by atoms with E-state index in [1.165, 1.54) is 11.3 Å². The first kappa shape index (κ1) is 15.8. The summed E-state index contributed by atoms with van der Waals surface area (Å²) in [5.41, 5.74) is 2.73. The number of hydrogen-bond acceptors (Lipinski definition) is 2. The van der Waals surface area contributed by atoms with Crippen molar-refractivity contribution in [2.75, 3.05) is 13.1 Å². The highest BCUT2D eigenvalue weighted by Gasteiger charge is 2.12. The van der Waals surface area contributed by atoms with Crippen molar-refractivity contribution < 1.29 is 0 Å². The fourth-order valence-corrected chi connectivity index (χ4v) is 2.63. The second kappa shape index (κ2) is 7.99. The van der Waals surface area contributed by atoms with Crippen LogP contribution in [0.4, 0.5) is 0 Å². The van der Waals surface area contributed by atoms with Crippen LogP contribution in [-0.4, -0.2) is 22.9 Å². The zero-order valence-corrected chi connectivity index (χ0v) is 13.4. The molecule has 1 atom stereocenters. The second-order valence-electron chi connectivity index (χ2n) is 6.14. The number of benzene rings is 1. The first-order chi connectivity index (χ1) is 10.2. The largest absolute Gasteiger partial charge is 0.316 e. The minimum absolute atomic E-state index is 0.555. The molecule has 0 fully saturated rings. The van der Waals surface area contributed by atoms with Gasteiger partial charge in [-0.2, -0.15) is 5.10 Å². The molecule has 114 valence electrons. The average Bonchev–Trinajstić information content (AvgIpc) is 2.88. The maximum Gasteiger partial charge on any atom is 0.0492 e. The third kappa shape index (κ3) is 5.01. The number of aromatic nitrogens is 2. The van der Waals surface area contributed by atoms with Crippen LogP contribution in [0.2, 0.25) is 0 Å². The van der Waals surface area contributed by atoms with Gasteiger partial charge in [0.2, 0.25) is 0 Å². The van der Waals surface area contributed by atoms with Gasteiger partial charge >= 0.3 is 0 Å². The highest BCUT2D eigenvalue weighted by atomic mass is 15.2. The Bertz CT molecular complexity index is 516. The van der Waals surface area contributed by atoms with Crippen molar-refractivity contribution in [2.45, 2.75) is 32.6 Å². The van der Waals surface area contributed by atoms with Gasteiger partial charge in [0.05, 0.1) is 0 Å². The zero-order valence-electron chi connectivity index (χ0n) is 13.4. The van der Waals surface area contributed by atoms with Crippen LogP contribution < -0.4 is 5.32 Å². The summed E-state index contributed by atoms with van der Waals surface area (Å²) in [4.78, 5) is 0. The minimum atomic E-state index is 0.555. The quantitative estimate of drug-likeness (QED) is 0.806. The van der Waals surface area contributed by atoms with E-state index in [9.17, 15) is 0 Å². The van der Waals surface area contributed by atoms with Crippen LogP contribution >= 0.6 is 0 Å². The third-order valence-electron chi connectivity index (χ3n) is 3.89. The van der Waals surface area contributed by atoms with Crippen LogP contribution in [0.15, 0.2) is 42.6 Å². The lowest BCUT2D eigenvalue weighted by Crippen LogP contribution is -2.26. The van der Waals surface area contributed by atoms with E-state index in [0.717, 1.165) is 25.9 Å². The Morgan fingerprint density at radius 2 is 1.86 bits per heavy atom. The lowest BCUT2D eigenvalue weighted by atomic mass is 9.93. The summed E-state index contributed by atoms with van der Waals surface area (Å²) in [6, 6.07) is 13.0. The molecule has 1 heterocycles. The molecule has 3 heteroatoms. The average molecular weight is 285 g/mol. The zero-order chi connectivity index (χ0) is 15.1. The van der Waals surface area contributed by atoms with E-state index >= 15 is 0 Å². The van der Waals surface area contributed by atoms with Gasteiger partial charge in [-0.1, -0.05) is 44.2 Å². The number of aryl methyl sites for hydroxylation is 2. The van der Waals surface area contributed by atoms with Crippen molar-refractivity contribution in [3.63, 3.8) is 0 Å². The van der Waals surface area contributed by atoms with E-state index in [-0.39, 0.29) is 0 Å². The summed E-state index contributed by atoms with van der Waals surface area (Å²) in [5.74, 6) is 1.25. The minimum Gasteiger partial charge on any atom is -0.316 e. The summed E-state index contributed by atoms with van der Waals surface area (Å²) in [6.07, 6.45) is 4.10. The standard InChI is InChI=1S/C18H27N3/c1-15(2)13-19-14-17(16-7-5-4-6-8-16)9-10-18-11-12-20-21(18)3/h4-8,11-12,15,17,19H,9-10,13-14H2,1-3H3. The SMILES string of the molecule is CC(C)CNCC(CCc1ccnn1C)c1ccccc1. The molecule has 1 unspecified atom stereocenters. The van der Waals surface area contributed by atoms with Gasteiger partial charge in [-0.15, -0.1) is 0 Å². The van der Waals surface area contributed by atoms with Crippen molar-refractivity contribution >= 4 is 0 Å². The number of hydrogen-bond donors (Lipinski definition) is 1. The van der Waals surface area contributed by atoms with Gasteiger partial charge in [0, 0.05) is 25.5 Å². The fraction of sp³-hybridized carbons (Fsp3) is 0.500. The van der Waals surface area contributed by atoms with Crippen LogP contribution in [0.3, 0.4) is 0 Å². The molecule has 0 aliphatic heterocycles. The predicted molar refractivity (Wildman–Crippen MR) is 88.4 cm³/mol. The van der Waals surface area contributed by atoms with E-state index in [4.69, 9.17) is 0 Å². The molecule has 21 heavy (non-hydrogen) atoms. The lowest BCUT2D eigenvalue weighted by Gasteiger charge is -2.19. The normalized spacial score (nSPS) is 12.8. The Morgan fingerprint density at radius 3 is 2.48 bits per heavy atom. The Labute approximate surface area is 128 Å². The lowest BCUT2D eigenvalue weighted by molar-refractivity contribution is 0.496. The smallest absolute Gasteiger partial charge is 0.0492 e. The Balaban J connectivity index is 1.96. The van der Waals surface area contributed by atoms with Gasteiger partial charge < -0.3 is 5.32 Å². The van der Waals surface area contributed by atoms with Gasteiger partial charge in [0.25, 0.3) is 0 Å². The van der Waals surface area contributed by atoms with Crippen LogP contribution in [-0.2, 0) is 13.5 Å². The number of nitrogens with zero attached hydrogens (tertiary/aromatic N) is 2. The van der Waals surface area contributed by atoms with Gasteiger partial charge in [-0.05, 0) is 42.9 Å². The maximum atomic E-state index is 4.25. The molecule has 3 nitrogen and oxygen atoms in total. The van der Waals surface area contributed by atoms with Crippen LogP contribution in [0.1, 0.15) is 37.4 Å². The van der Waals surface area contributed by atoms with E-state index < -0.39 is 0 Å². The maximum absolute atomic E-state index is 4.25. The molecule has 0 radical (unpaired) electrons. The third-order valence-corrected chi connectivity index (χ3v) is 3.89. The first-order valence-corrected chi connectivity index (χ1v) is 7.89. The van der Waals surface area contributed by atoms with Gasteiger partial charge in [0.1, 0.15) is 0 Å². The van der Waals surface area contributed by atoms with Gasteiger partial charge in [0.15, 0.2) is 0 Å². The highest BCUT2D eigenvalue weighted by molar-refractivity contribution is 5.20. The number of rotatable bonds is 8. The van der Waals surface area contributed by atoms with Crippen molar-refractivity contribution in [1.29, 1.82) is 0 Å².